The number of methoxy groups -OCH3 is 2. The molecule has 2 heterocycles. The van der Waals surface area contributed by atoms with E-state index in [1.54, 1.807) is 45.4 Å². The van der Waals surface area contributed by atoms with E-state index in [1.807, 2.05) is 18.2 Å². The number of ether oxygens (including phenoxy) is 2. The first kappa shape index (κ1) is 18.0. The van der Waals surface area contributed by atoms with Gasteiger partial charge in [-0.2, -0.15) is 0 Å². The second-order valence-electron chi connectivity index (χ2n) is 7.00. The van der Waals surface area contributed by atoms with Gasteiger partial charge in [0.1, 0.15) is 22.7 Å². The van der Waals surface area contributed by atoms with E-state index < -0.39 is 11.4 Å². The maximum Gasteiger partial charge on any atom is 0.315 e. The third-order valence-electron chi connectivity index (χ3n) is 5.47. The molecule has 7 nitrogen and oxygen atoms in total. The van der Waals surface area contributed by atoms with Gasteiger partial charge in [0.2, 0.25) is 0 Å². The Balaban J connectivity index is 1.74. The monoisotopic (exact) mass is 380 g/mol. The summed E-state index contributed by atoms with van der Waals surface area (Å²) in [5.74, 6) is 0.941. The summed E-state index contributed by atoms with van der Waals surface area (Å²) in [6.07, 6.45) is 7.27. The van der Waals surface area contributed by atoms with Crippen molar-refractivity contribution in [2.75, 3.05) is 14.2 Å². The first-order chi connectivity index (χ1) is 13.4. The second-order valence-corrected chi connectivity index (χ2v) is 7.00. The highest BCUT2D eigenvalue weighted by molar-refractivity contribution is 5.84. The van der Waals surface area contributed by atoms with E-state index in [-0.39, 0.29) is 11.6 Å². The van der Waals surface area contributed by atoms with E-state index in [9.17, 15) is 14.7 Å². The highest BCUT2D eigenvalue weighted by atomic mass is 16.5. The highest BCUT2D eigenvalue weighted by Crippen LogP contribution is 2.59. The van der Waals surface area contributed by atoms with E-state index in [1.165, 1.54) is 4.57 Å². The predicted octanol–water partition coefficient (Wildman–Crippen LogP) is 2.78. The van der Waals surface area contributed by atoms with E-state index in [0.717, 1.165) is 5.56 Å². The van der Waals surface area contributed by atoms with Crippen molar-refractivity contribution in [2.45, 2.75) is 19.4 Å². The first-order valence-corrected chi connectivity index (χ1v) is 8.87. The third kappa shape index (κ3) is 2.62. The predicted molar refractivity (Wildman–Crippen MR) is 104 cm³/mol. The minimum atomic E-state index is -0.962. The van der Waals surface area contributed by atoms with Crippen molar-refractivity contribution in [1.29, 1.82) is 0 Å². The summed E-state index contributed by atoms with van der Waals surface area (Å²) in [5, 5.41) is 9.46. The average molecular weight is 380 g/mol. The Kier molecular flexibility index (Phi) is 4.10. The molecule has 1 aromatic carbocycles. The zero-order chi connectivity index (χ0) is 20.1. The fraction of sp³-hybridized carbons (Fsp3) is 0.286. The first-order valence-electron chi connectivity index (χ1n) is 8.87. The molecule has 1 aliphatic heterocycles. The minimum absolute atomic E-state index is 0.209. The Labute approximate surface area is 161 Å². The molecule has 4 rings (SSSR count). The zero-order valence-electron chi connectivity index (χ0n) is 15.8. The lowest BCUT2D eigenvalue weighted by atomic mass is 10.0. The Morgan fingerprint density at radius 1 is 1.32 bits per heavy atom. The van der Waals surface area contributed by atoms with Gasteiger partial charge in [0.15, 0.2) is 0 Å². The molecule has 0 bridgehead atoms. The lowest BCUT2D eigenvalue weighted by Gasteiger charge is -2.18. The number of rotatable bonds is 5. The second kappa shape index (κ2) is 6.37. The van der Waals surface area contributed by atoms with Gasteiger partial charge in [0, 0.05) is 11.1 Å². The highest BCUT2D eigenvalue weighted by Gasteiger charge is 2.62. The van der Waals surface area contributed by atoms with Crippen molar-refractivity contribution in [1.82, 2.24) is 9.55 Å². The molecule has 0 amide bonds. The fourth-order valence-electron chi connectivity index (χ4n) is 3.66. The van der Waals surface area contributed by atoms with Crippen molar-refractivity contribution >= 4 is 24.2 Å². The van der Waals surface area contributed by atoms with Crippen LogP contribution in [0.4, 0.5) is 0 Å². The molecule has 0 radical (unpaired) electrons. The molecule has 1 N–H and O–H groups in total. The number of hydrogen-bond acceptors (Lipinski definition) is 5. The van der Waals surface area contributed by atoms with Crippen LogP contribution in [0, 0.1) is 12.3 Å². The summed E-state index contributed by atoms with van der Waals surface area (Å²) >= 11 is 0. The van der Waals surface area contributed by atoms with Crippen molar-refractivity contribution in [3.05, 3.63) is 57.3 Å². The van der Waals surface area contributed by atoms with Crippen LogP contribution in [0.25, 0.3) is 18.2 Å². The van der Waals surface area contributed by atoms with Crippen LogP contribution in [-0.4, -0.2) is 34.8 Å². The molecule has 1 fully saturated rings. The summed E-state index contributed by atoms with van der Waals surface area (Å²) in [6.45, 7) is 1.70. The maximum atomic E-state index is 12.9. The van der Waals surface area contributed by atoms with Crippen LogP contribution in [0.2, 0.25) is 0 Å². The summed E-state index contributed by atoms with van der Waals surface area (Å²) in [4.78, 5) is 29.0. The van der Waals surface area contributed by atoms with Gasteiger partial charge in [-0.05, 0) is 49.8 Å². The molecule has 2 unspecified atom stereocenters. The van der Waals surface area contributed by atoms with Crippen molar-refractivity contribution < 1.29 is 19.4 Å². The molecule has 144 valence electrons. The smallest absolute Gasteiger partial charge is 0.315 e. The Morgan fingerprint density at radius 3 is 2.79 bits per heavy atom. The van der Waals surface area contributed by atoms with Crippen molar-refractivity contribution in [3.8, 4) is 11.5 Å². The van der Waals surface area contributed by atoms with Crippen LogP contribution in [0.5, 0.6) is 11.5 Å². The van der Waals surface area contributed by atoms with Crippen LogP contribution < -0.4 is 15.0 Å². The normalized spacial score (nSPS) is 21.9. The summed E-state index contributed by atoms with van der Waals surface area (Å²) in [7, 11) is 3.18. The SMILES string of the molecule is COc1ccc(OC)c(/C=C/c2nc3n(c(=O)c2C)C2CC2(C(=O)O)C=C3)c1. The van der Waals surface area contributed by atoms with E-state index in [0.29, 0.717) is 35.0 Å². The lowest BCUT2D eigenvalue weighted by molar-refractivity contribution is -0.141. The fourth-order valence-corrected chi connectivity index (χ4v) is 3.66. The topological polar surface area (TPSA) is 90.7 Å². The summed E-state index contributed by atoms with van der Waals surface area (Å²) < 4.78 is 12.1. The summed E-state index contributed by atoms with van der Waals surface area (Å²) in [6, 6.07) is 5.09. The minimum Gasteiger partial charge on any atom is -0.497 e. The Hall–Kier alpha value is -3.35. The van der Waals surface area contributed by atoms with Gasteiger partial charge in [0.05, 0.1) is 26.0 Å². The molecule has 1 aliphatic carbocycles. The quantitative estimate of drug-likeness (QED) is 0.858. The maximum absolute atomic E-state index is 12.9. The van der Waals surface area contributed by atoms with E-state index in [2.05, 4.69) is 4.98 Å². The van der Waals surface area contributed by atoms with E-state index in [4.69, 9.17) is 9.47 Å². The lowest BCUT2D eigenvalue weighted by Crippen LogP contribution is -2.31. The van der Waals surface area contributed by atoms with Gasteiger partial charge < -0.3 is 14.6 Å². The number of aromatic nitrogens is 2. The van der Waals surface area contributed by atoms with Crippen molar-refractivity contribution in [2.24, 2.45) is 5.41 Å². The van der Waals surface area contributed by atoms with Gasteiger partial charge >= 0.3 is 5.97 Å². The van der Waals surface area contributed by atoms with Crippen LogP contribution in [0.1, 0.15) is 35.1 Å². The Morgan fingerprint density at radius 2 is 2.11 bits per heavy atom. The van der Waals surface area contributed by atoms with Crippen LogP contribution in [0.15, 0.2) is 29.1 Å². The van der Waals surface area contributed by atoms with Gasteiger partial charge in [-0.15, -0.1) is 0 Å². The molecule has 28 heavy (non-hydrogen) atoms. The molecule has 2 aromatic rings. The number of carbonyl (C=O) groups is 1. The van der Waals surface area contributed by atoms with Crippen LogP contribution in [-0.2, 0) is 4.79 Å². The Bertz CT molecular complexity index is 1100. The van der Waals surface area contributed by atoms with E-state index >= 15 is 0 Å². The molecule has 2 aliphatic rings. The largest absolute Gasteiger partial charge is 0.497 e. The molecular weight excluding hydrogens is 360 g/mol. The zero-order valence-corrected chi connectivity index (χ0v) is 15.8. The molecule has 1 aromatic heterocycles. The van der Waals surface area contributed by atoms with Gasteiger partial charge in [0.25, 0.3) is 5.56 Å². The van der Waals surface area contributed by atoms with Gasteiger partial charge in [-0.1, -0.05) is 6.08 Å². The number of fused-ring (bicyclic) bond motifs is 3. The van der Waals surface area contributed by atoms with Crippen molar-refractivity contribution in [3.63, 3.8) is 0 Å². The third-order valence-corrected chi connectivity index (χ3v) is 5.47. The van der Waals surface area contributed by atoms with Crippen LogP contribution >= 0.6 is 0 Å². The average Bonchev–Trinajstić information content (AvgIpc) is 3.45. The number of benzene rings is 1. The molecule has 1 saturated carbocycles. The number of carboxylic acids is 1. The molecule has 0 saturated heterocycles. The van der Waals surface area contributed by atoms with Gasteiger partial charge in [-0.3, -0.25) is 14.2 Å². The number of aliphatic carboxylic acids is 1. The van der Waals surface area contributed by atoms with Crippen LogP contribution in [0.3, 0.4) is 0 Å². The molecule has 7 heteroatoms. The van der Waals surface area contributed by atoms with Gasteiger partial charge in [-0.25, -0.2) is 4.98 Å². The number of nitrogens with zero attached hydrogens (tertiary/aromatic N) is 2. The molecule has 0 spiro atoms. The molecule has 2 atom stereocenters. The standard InChI is InChI=1S/C21H20N2O5/c1-12-15(6-4-13-10-14(27-2)5-7-16(13)28-3)22-18-8-9-21(20(25)26)11-17(21)23(18)19(12)24/h4-10,17H,11H2,1-3H3,(H,25,26)/b6-4+. The number of carboxylic acid groups (broad SMARTS) is 1. The summed E-state index contributed by atoms with van der Waals surface area (Å²) in [5.41, 5.74) is 0.636. The number of hydrogen-bond donors (Lipinski definition) is 1. The molecular formula is C21H20N2O5.